The summed E-state index contributed by atoms with van der Waals surface area (Å²) < 4.78 is 25.4. The van der Waals surface area contributed by atoms with Gasteiger partial charge >= 0.3 is 11.9 Å². The number of esters is 2. The molecular weight excluding hydrogens is 873 g/mol. The van der Waals surface area contributed by atoms with Crippen molar-refractivity contribution < 1.29 is 48.3 Å². The number of aryl methyl sites for hydroxylation is 3. The molecule has 4 aromatic carbocycles. The maximum Gasteiger partial charge on any atom is 0.315 e. The predicted octanol–water partition coefficient (Wildman–Crippen LogP) is 6.79. The normalized spacial score (nSPS) is 33.0. The third-order valence-electron chi connectivity index (χ3n) is 19.1. The minimum atomic E-state index is -1.18. The van der Waals surface area contributed by atoms with Gasteiger partial charge in [-0.05, 0) is 167 Å². The van der Waals surface area contributed by atoms with Crippen LogP contribution in [0.4, 0.5) is 0 Å². The van der Waals surface area contributed by atoms with E-state index in [0.717, 1.165) is 81.5 Å². The molecule has 12 heteroatoms. The number of hydrogen-bond acceptors (Lipinski definition) is 12. The molecule has 0 aromatic heterocycles. The van der Waals surface area contributed by atoms with Crippen LogP contribution in [0.2, 0.25) is 0 Å². The van der Waals surface area contributed by atoms with Gasteiger partial charge < -0.3 is 29.2 Å². The average molecular weight is 935 g/mol. The van der Waals surface area contributed by atoms with Crippen LogP contribution in [-0.2, 0) is 49.3 Å². The Morgan fingerprint density at radius 2 is 1.16 bits per heavy atom. The van der Waals surface area contributed by atoms with Gasteiger partial charge in [0.25, 0.3) is 0 Å². The number of carbonyl (C=O) groups is 4. The lowest BCUT2D eigenvalue weighted by Gasteiger charge is -2.62. The van der Waals surface area contributed by atoms with E-state index < -0.39 is 46.2 Å². The highest BCUT2D eigenvalue weighted by atomic mass is 16.6. The number of piperidine rings is 2. The molecule has 2 bridgehead atoms. The van der Waals surface area contributed by atoms with E-state index in [1.807, 2.05) is 57.2 Å². The first kappa shape index (κ1) is 43.8. The van der Waals surface area contributed by atoms with E-state index in [2.05, 4.69) is 16.7 Å². The molecule has 0 radical (unpaired) electrons. The molecule has 4 heterocycles. The van der Waals surface area contributed by atoms with Crippen molar-refractivity contribution in [1.82, 2.24) is 9.80 Å². The van der Waals surface area contributed by atoms with Crippen molar-refractivity contribution in [2.45, 2.75) is 157 Å². The highest BCUT2D eigenvalue weighted by molar-refractivity contribution is 5.94. The van der Waals surface area contributed by atoms with Crippen molar-refractivity contribution in [1.29, 1.82) is 0 Å². The molecule has 0 amide bonds. The summed E-state index contributed by atoms with van der Waals surface area (Å²) in [4.78, 5) is 59.9. The fourth-order valence-corrected chi connectivity index (χ4v) is 15.1. The first-order valence-electron chi connectivity index (χ1n) is 25.7. The van der Waals surface area contributed by atoms with E-state index in [0.29, 0.717) is 55.4 Å². The first-order chi connectivity index (χ1) is 33.1. The lowest BCUT2D eigenvalue weighted by Crippen LogP contribution is -2.76. The number of nitrogens with zero attached hydrogens (tertiary/aromatic N) is 2. The molecule has 8 atom stereocenters. The summed E-state index contributed by atoms with van der Waals surface area (Å²) in [5.74, 6) is 1.79. The van der Waals surface area contributed by atoms with Crippen molar-refractivity contribution >= 4 is 34.3 Å². The van der Waals surface area contributed by atoms with Gasteiger partial charge in [-0.3, -0.25) is 29.0 Å². The summed E-state index contributed by atoms with van der Waals surface area (Å²) in [7, 11) is 0. The molecule has 13 rings (SSSR count). The maximum atomic E-state index is 13.9. The SMILES string of the molecule is Cc1ccc(OC(=O)Cc2ccc3c(C)c(CC(=O)Oc4ccc5c6c4O[C@H]4C(=O)CC[C@@]7(O)[C@@H](C5)N(CC5CC5)CC[C@]647)ccc3c2C)c2c1[C@]13CCN(CC4CC4)[C@H](C)[C@]1(O)CCC(=O)[C@@H]3O2. The average Bonchev–Trinajstić information content (AvgIpc) is 4.26. The van der Waals surface area contributed by atoms with Crippen molar-refractivity contribution in [3.63, 3.8) is 0 Å². The zero-order valence-electron chi connectivity index (χ0n) is 40.2. The van der Waals surface area contributed by atoms with Crippen molar-refractivity contribution in [2.24, 2.45) is 11.8 Å². The van der Waals surface area contributed by atoms with Crippen LogP contribution in [0.1, 0.15) is 116 Å². The summed E-state index contributed by atoms with van der Waals surface area (Å²) in [5, 5.41) is 27.3. The smallest absolute Gasteiger partial charge is 0.315 e. The van der Waals surface area contributed by atoms with Gasteiger partial charge in [-0.1, -0.05) is 36.4 Å². The van der Waals surface area contributed by atoms with Crippen LogP contribution in [0.5, 0.6) is 23.0 Å². The number of carbonyl (C=O) groups excluding carboxylic acids is 4. The number of Topliss-reactive ketones (excluding diaryl/α,β-unsaturated/α-hetero) is 2. The van der Waals surface area contributed by atoms with Crippen LogP contribution < -0.4 is 18.9 Å². The molecule has 6 fully saturated rings. The molecule has 5 aliphatic carbocycles. The Bertz CT molecular complexity index is 2940. The topological polar surface area (TPSA) is 152 Å². The second kappa shape index (κ2) is 15.2. The van der Waals surface area contributed by atoms with Crippen molar-refractivity contribution in [2.75, 3.05) is 26.2 Å². The number of hydrogen-bond donors (Lipinski definition) is 2. The molecule has 4 saturated carbocycles. The Hall–Kier alpha value is -5.14. The number of ether oxygens (including phenoxy) is 4. The van der Waals surface area contributed by atoms with Crippen LogP contribution in [0.15, 0.2) is 48.5 Å². The lowest BCUT2D eigenvalue weighted by molar-refractivity contribution is -0.188. The number of likely N-dealkylation sites (tertiary alicyclic amines) is 2. The number of ketones is 2. The number of aliphatic hydroxyl groups is 2. The molecule has 4 aromatic rings. The number of rotatable bonds is 10. The van der Waals surface area contributed by atoms with Crippen LogP contribution in [0, 0.1) is 32.6 Å². The van der Waals surface area contributed by atoms with E-state index in [9.17, 15) is 29.4 Å². The van der Waals surface area contributed by atoms with Crippen molar-refractivity contribution in [3.8, 4) is 23.0 Å². The Labute approximate surface area is 402 Å². The second-order valence-electron chi connectivity index (χ2n) is 22.6. The Kier molecular flexibility index (Phi) is 9.65. The Morgan fingerprint density at radius 3 is 1.74 bits per heavy atom. The van der Waals surface area contributed by atoms with Crippen molar-refractivity contribution in [3.05, 3.63) is 93.0 Å². The molecule has 2 spiro atoms. The van der Waals surface area contributed by atoms with Gasteiger partial charge in [0.05, 0.1) is 34.9 Å². The van der Waals surface area contributed by atoms with Crippen LogP contribution in [0.25, 0.3) is 10.8 Å². The van der Waals surface area contributed by atoms with E-state index in [1.54, 1.807) is 12.1 Å². The molecule has 9 aliphatic rings. The van der Waals surface area contributed by atoms with Crippen LogP contribution in [-0.4, -0.2) is 105 Å². The van der Waals surface area contributed by atoms with E-state index in [4.69, 9.17) is 18.9 Å². The zero-order chi connectivity index (χ0) is 47.5. The van der Waals surface area contributed by atoms with Gasteiger partial charge in [0.15, 0.2) is 46.8 Å². The molecule has 4 aliphatic heterocycles. The molecule has 12 nitrogen and oxygen atoms in total. The molecule has 2 saturated heterocycles. The Balaban J connectivity index is 0.727. The quantitative estimate of drug-likeness (QED) is 0.127. The third kappa shape index (κ3) is 6.13. The second-order valence-corrected chi connectivity index (χ2v) is 22.6. The molecular formula is C57H62N2O10. The van der Waals surface area contributed by atoms with Gasteiger partial charge in [-0.2, -0.15) is 0 Å². The van der Waals surface area contributed by atoms with Crippen LogP contribution >= 0.6 is 0 Å². The van der Waals surface area contributed by atoms with Gasteiger partial charge in [-0.15, -0.1) is 0 Å². The van der Waals surface area contributed by atoms with Crippen LogP contribution in [0.3, 0.4) is 0 Å². The molecule has 2 N–H and O–H groups in total. The fourth-order valence-electron chi connectivity index (χ4n) is 15.1. The fraction of sp³-hybridized carbons (Fsp3) is 0.544. The highest BCUT2D eigenvalue weighted by Crippen LogP contribution is 2.66. The largest absolute Gasteiger partial charge is 0.477 e. The summed E-state index contributed by atoms with van der Waals surface area (Å²) in [6, 6.07) is 15.0. The van der Waals surface area contributed by atoms with E-state index in [1.165, 1.54) is 25.7 Å². The predicted molar refractivity (Wildman–Crippen MR) is 255 cm³/mol. The third-order valence-corrected chi connectivity index (χ3v) is 19.1. The number of benzene rings is 4. The Morgan fingerprint density at radius 1 is 0.652 bits per heavy atom. The van der Waals surface area contributed by atoms with Gasteiger partial charge in [0.2, 0.25) is 0 Å². The summed E-state index contributed by atoms with van der Waals surface area (Å²) >= 11 is 0. The molecule has 360 valence electrons. The maximum absolute atomic E-state index is 13.9. The zero-order valence-corrected chi connectivity index (χ0v) is 40.2. The highest BCUT2D eigenvalue weighted by Gasteiger charge is 2.74. The summed E-state index contributed by atoms with van der Waals surface area (Å²) in [5.41, 5.74) is 3.02. The van der Waals surface area contributed by atoms with Gasteiger partial charge in [-0.25, -0.2) is 0 Å². The number of fused-ring (bicyclic) bond motifs is 2. The monoisotopic (exact) mass is 934 g/mol. The van der Waals surface area contributed by atoms with Gasteiger partial charge in [0, 0.05) is 49.1 Å². The molecule has 0 unspecified atom stereocenters. The van der Waals surface area contributed by atoms with E-state index in [-0.39, 0.29) is 60.8 Å². The lowest BCUT2D eigenvalue weighted by atomic mass is 9.49. The van der Waals surface area contributed by atoms with E-state index >= 15 is 0 Å². The first-order valence-corrected chi connectivity index (χ1v) is 25.7. The standard InChI is InChI=1S/C57H62N2O10/c1-30-5-15-43(50-48(30)54-21-23-58(28-34-6-7-34)33(4)56(54,64)19-17-41(60)52(54)68-50)66-46(62)26-36-10-13-40-32(3)37(11-14-39(40)31(36)2)27-47(63)67-44-16-12-38-25-45-57(65)20-18-42(61)53-55(57,49(38)51(44)69-53)22-24-59(45)29-35-8-9-35/h5,10-16,33-35,45,52-53,64-65H,6-9,17-29H2,1-4H3/t33-,45-,52+,53+,54+,55+,56-,57-/m1/s1. The summed E-state index contributed by atoms with van der Waals surface area (Å²) in [6.07, 6.45) is 6.44. The minimum Gasteiger partial charge on any atom is -0.477 e. The minimum absolute atomic E-state index is 0.000841. The molecule has 69 heavy (non-hydrogen) atoms. The van der Waals surface area contributed by atoms with Gasteiger partial charge in [0.1, 0.15) is 0 Å². The summed E-state index contributed by atoms with van der Waals surface area (Å²) in [6.45, 7) is 11.5.